The largest absolute Gasteiger partial charge is 2.00 e. The van der Waals surface area contributed by atoms with Gasteiger partial charge in [0, 0.05) is 18.2 Å². The Bertz CT molecular complexity index is 1790. The second-order valence-electron chi connectivity index (χ2n) is 14.9. The van der Waals surface area contributed by atoms with Crippen LogP contribution in [-0.2, 0) is 23.8 Å². The maximum atomic E-state index is 10.4. The van der Waals surface area contributed by atoms with Crippen molar-refractivity contribution in [3.8, 4) is 0 Å². The zero-order valence-corrected chi connectivity index (χ0v) is 51.7. The number of hydrogen-bond donors (Lipinski definition) is 3. The van der Waals surface area contributed by atoms with Crippen molar-refractivity contribution in [1.82, 2.24) is 0 Å². The number of aliphatic hydroxyl groups excluding tert-OH is 3. The molecule has 3 aromatic carbocycles. The van der Waals surface area contributed by atoms with E-state index < -0.39 is 19.7 Å². The van der Waals surface area contributed by atoms with E-state index in [1.807, 2.05) is 50.3 Å². The summed E-state index contributed by atoms with van der Waals surface area (Å²) in [6.07, 6.45) is 32.6. The van der Waals surface area contributed by atoms with Crippen LogP contribution in [0.25, 0.3) is 0 Å². The summed E-state index contributed by atoms with van der Waals surface area (Å²) >= 11 is 3.22. The molecule has 2 heterocycles. The smallest absolute Gasteiger partial charge is 1.00 e. The fraction of sp³-hybridized carbons (Fsp3) is 0.355. The van der Waals surface area contributed by atoms with Gasteiger partial charge in [0.15, 0.2) is 6.29 Å². The van der Waals surface area contributed by atoms with Crippen LogP contribution < -0.4 is 49.9 Å². The van der Waals surface area contributed by atoms with E-state index in [2.05, 4.69) is 183 Å². The molecule has 13 heteroatoms. The molecule has 2 aliphatic rings. The minimum atomic E-state index is -1.72. The third-order valence-electron chi connectivity index (χ3n) is 9.92. The van der Waals surface area contributed by atoms with E-state index in [0.717, 1.165) is 62.9 Å². The number of rotatable bonds is 20. The van der Waals surface area contributed by atoms with Crippen LogP contribution in [0.2, 0.25) is 0 Å². The summed E-state index contributed by atoms with van der Waals surface area (Å²) < 4.78 is 14.1. The van der Waals surface area contributed by atoms with Crippen LogP contribution in [0.5, 0.6) is 0 Å². The first-order valence-electron chi connectivity index (χ1n) is 24.2. The van der Waals surface area contributed by atoms with Gasteiger partial charge in [-0.15, -0.1) is 13.2 Å². The summed E-state index contributed by atoms with van der Waals surface area (Å²) in [5, 5.41) is 31.6. The standard InChI is InChI=1S/C23H22P.C11H18O.C6H12O2.C6H10O2.C5H7Br.C5H8O.C3H6O2.C2H3.CH4.2BrH.Mg/c1-2-3-13-20-24(21-14-7-4-8-15-21,22-16-9-5-10-17-22)23-18-11-6-12-19-23;1-3-5-6-7-8-9-10-11(12)4-2;2*1-2-5-3-4-6(7)8-5;1-2-3-4-5-6;1-3-5(6)4-2;1-2-5-3-4;1-2;;;;/h2-19H,1,20H2;3,5-8,11-12H,1,4,9-10H2,2H3;5-7H,2-4H2,1H3;5H,2-4H2,1H3;2-4H,1,5H2;3-6H,1-2H2;3H,2H2,1H3;1H,2H2;1H4;2*1H;/q+1;;;;;;;-1;;;;+2/p-2/b13-3+;6-5+,8-7?;;;4-3+;;;;;;;. The van der Waals surface area contributed by atoms with E-state index in [1.165, 1.54) is 28.1 Å². The van der Waals surface area contributed by atoms with Gasteiger partial charge in [-0.2, -0.15) is 0 Å². The van der Waals surface area contributed by atoms with Crippen LogP contribution >= 0.6 is 23.2 Å². The van der Waals surface area contributed by atoms with Crippen LogP contribution in [0.15, 0.2) is 209 Å². The quantitative estimate of drug-likeness (QED) is 0.0156. The molecule has 2 saturated heterocycles. The number of halogens is 3. The Kier molecular flexibility index (Phi) is 71.7. The summed E-state index contributed by atoms with van der Waals surface area (Å²) in [7, 11) is -1.72. The van der Waals surface area contributed by atoms with Gasteiger partial charge < -0.3 is 70.1 Å². The van der Waals surface area contributed by atoms with Crippen molar-refractivity contribution >= 4 is 74.6 Å². The molecule has 8 nitrogen and oxygen atoms in total. The van der Waals surface area contributed by atoms with Gasteiger partial charge in [0.05, 0.1) is 31.1 Å². The molecule has 2 aliphatic heterocycles. The van der Waals surface area contributed by atoms with Gasteiger partial charge in [-0.25, -0.2) is 0 Å². The molecule has 2 fully saturated rings. The predicted octanol–water partition coefficient (Wildman–Crippen LogP) is 7.45. The zero-order chi connectivity index (χ0) is 53.8. The molecule has 0 aromatic heterocycles. The Morgan fingerprint density at radius 3 is 1.44 bits per heavy atom. The van der Waals surface area contributed by atoms with Crippen molar-refractivity contribution in [3.05, 3.63) is 216 Å². The van der Waals surface area contributed by atoms with Crippen molar-refractivity contribution in [2.45, 2.75) is 124 Å². The van der Waals surface area contributed by atoms with Gasteiger partial charge in [-0.05, 0) is 94.3 Å². The Balaban J connectivity index is -0.000000155. The van der Waals surface area contributed by atoms with Crippen molar-refractivity contribution in [2.75, 3.05) is 18.1 Å². The number of alkyl halides is 1. The van der Waals surface area contributed by atoms with Gasteiger partial charge in [0.2, 0.25) is 0 Å². The monoisotopic (exact) mass is 1250 g/mol. The van der Waals surface area contributed by atoms with Gasteiger partial charge in [0.25, 0.3) is 6.47 Å². The number of carbonyl (C=O) groups is 2. The fourth-order valence-corrected chi connectivity index (χ4v) is 10.3. The summed E-state index contributed by atoms with van der Waals surface area (Å²) in [6, 6.07) is 32.8. The average molecular weight is 1260 g/mol. The minimum absolute atomic E-state index is 0. The Labute approximate surface area is 501 Å². The molecule has 0 amide bonds. The van der Waals surface area contributed by atoms with Gasteiger partial charge in [-0.1, -0.05) is 191 Å². The number of benzene rings is 3. The van der Waals surface area contributed by atoms with E-state index in [0.29, 0.717) is 25.6 Å². The van der Waals surface area contributed by atoms with Crippen LogP contribution in [0.4, 0.5) is 0 Å². The Hall–Kier alpha value is -3.52. The third-order valence-corrected chi connectivity index (χ3v) is 14.6. The van der Waals surface area contributed by atoms with Crippen LogP contribution in [-0.4, -0.2) is 99.6 Å². The number of allylic oxidation sites excluding steroid dienone is 11. The van der Waals surface area contributed by atoms with Crippen molar-refractivity contribution in [2.24, 2.45) is 0 Å². The average Bonchev–Trinajstić information content (AvgIpc) is 4.07. The molecule has 3 aromatic rings. The summed E-state index contributed by atoms with van der Waals surface area (Å²) in [5.41, 5.74) is 0. The molecule has 75 heavy (non-hydrogen) atoms. The van der Waals surface area contributed by atoms with E-state index in [9.17, 15) is 14.7 Å². The summed E-state index contributed by atoms with van der Waals surface area (Å²) in [4.78, 5) is 19.6. The topological polar surface area (TPSA) is 123 Å². The molecule has 0 bridgehead atoms. The molecule has 3 N–H and O–H groups in total. The maximum Gasteiger partial charge on any atom is 2.00 e. The van der Waals surface area contributed by atoms with E-state index >= 15 is 0 Å². The van der Waals surface area contributed by atoms with Crippen LogP contribution in [0.3, 0.4) is 0 Å². The number of esters is 1. The second-order valence-corrected chi connectivity index (χ2v) is 19.1. The van der Waals surface area contributed by atoms with Gasteiger partial charge in [-0.3, -0.25) is 16.2 Å². The van der Waals surface area contributed by atoms with Gasteiger partial charge in [0.1, 0.15) is 29.3 Å². The molecule has 5 rings (SSSR count). The van der Waals surface area contributed by atoms with Crippen molar-refractivity contribution in [3.63, 3.8) is 0 Å². The third kappa shape index (κ3) is 45.2. The first-order chi connectivity index (χ1) is 34.5. The predicted molar refractivity (Wildman–Crippen MR) is 323 cm³/mol. The number of ether oxygens (including phenoxy) is 3. The van der Waals surface area contributed by atoms with Crippen molar-refractivity contribution < 1.29 is 73.1 Å². The first kappa shape index (κ1) is 85.4. The second kappa shape index (κ2) is 63.0. The van der Waals surface area contributed by atoms with Crippen LogP contribution in [0, 0.1) is 6.58 Å². The molecular weight excluding hydrogens is 1170 g/mol. The molecule has 4 unspecified atom stereocenters. The Morgan fingerprint density at radius 2 is 1.17 bits per heavy atom. The number of cyclic esters (lactones) is 1. The molecule has 4 atom stereocenters. The van der Waals surface area contributed by atoms with E-state index in [-0.39, 0.29) is 82.6 Å². The molecule has 0 radical (unpaired) electrons. The molecule has 414 valence electrons. The SMILES string of the molecule is C.C=C/C=C/C=CCCC(O)CC.C=C/C=C/CBr.C=C/C=C/C[P+](c1ccccc1)(c1ccccc1)c1ccccc1.C=CC(O)C=C.CCC1CCC(=O)O1.CCC1CCC(O)O1.CCOC=O.[Br-].[Br-].[CH-]=C.[Mg+2]. The minimum Gasteiger partial charge on any atom is -1.00 e. The van der Waals surface area contributed by atoms with E-state index in [4.69, 9.17) is 19.7 Å². The first-order valence-corrected chi connectivity index (χ1v) is 27.3. The Morgan fingerprint density at radius 1 is 0.707 bits per heavy atom. The molecule has 0 aliphatic carbocycles. The fourth-order valence-electron chi connectivity index (χ4n) is 6.11. The zero-order valence-electron chi connectivity index (χ0n) is 44.6. The van der Waals surface area contributed by atoms with Crippen LogP contribution in [0.1, 0.15) is 92.9 Å². The number of carbonyl (C=O) groups excluding carboxylic acids is 2. The number of hydrogen-bond acceptors (Lipinski definition) is 8. The summed E-state index contributed by atoms with van der Waals surface area (Å²) in [6.45, 7) is 33.3. The van der Waals surface area contributed by atoms with Gasteiger partial charge >= 0.3 is 29.0 Å². The molecule has 0 spiro atoms. The van der Waals surface area contributed by atoms with E-state index in [1.54, 1.807) is 19.1 Å². The maximum absolute atomic E-state index is 10.4. The number of aliphatic hydroxyl groups is 3. The summed E-state index contributed by atoms with van der Waals surface area (Å²) in [5.74, 6) is -0.0307. The molecule has 0 saturated carbocycles. The van der Waals surface area contributed by atoms with Crippen molar-refractivity contribution in [1.29, 1.82) is 0 Å². The molecular formula is C62H90Br3MgO8P. The normalized spacial score (nSPS) is 14.9.